The number of anilines is 1. The average molecular weight is 276 g/mol. The highest BCUT2D eigenvalue weighted by molar-refractivity contribution is 7.92. The molecular formula is C11H14F2N2O2S. The number of sulfonamides is 1. The van der Waals surface area contributed by atoms with E-state index in [1.165, 1.54) is 0 Å². The lowest BCUT2D eigenvalue weighted by Gasteiger charge is -2.09. The van der Waals surface area contributed by atoms with Gasteiger partial charge in [-0.1, -0.05) is 0 Å². The fourth-order valence-corrected chi connectivity index (χ4v) is 2.46. The predicted molar refractivity (Wildman–Crippen MR) is 64.8 cm³/mol. The van der Waals surface area contributed by atoms with Crippen LogP contribution in [0.4, 0.5) is 14.5 Å². The molecule has 0 aromatic heterocycles. The van der Waals surface area contributed by atoms with E-state index < -0.39 is 21.7 Å². The van der Waals surface area contributed by atoms with Crippen LogP contribution >= 0.6 is 0 Å². The Hall–Kier alpha value is -1.21. The third-order valence-corrected chi connectivity index (χ3v) is 3.85. The summed E-state index contributed by atoms with van der Waals surface area (Å²) in [5.41, 5.74) is -0.360. The number of hydrogen-bond acceptors (Lipinski definition) is 3. The van der Waals surface area contributed by atoms with Gasteiger partial charge >= 0.3 is 0 Å². The van der Waals surface area contributed by atoms with Gasteiger partial charge in [0, 0.05) is 18.7 Å². The van der Waals surface area contributed by atoms with Gasteiger partial charge in [-0.25, -0.2) is 17.2 Å². The van der Waals surface area contributed by atoms with Crippen molar-refractivity contribution in [1.29, 1.82) is 0 Å². The molecular weight excluding hydrogens is 262 g/mol. The molecule has 0 aliphatic heterocycles. The van der Waals surface area contributed by atoms with Gasteiger partial charge in [-0.3, -0.25) is 4.72 Å². The van der Waals surface area contributed by atoms with Crippen molar-refractivity contribution in [3.05, 3.63) is 29.8 Å². The summed E-state index contributed by atoms with van der Waals surface area (Å²) in [7, 11) is -3.66. The summed E-state index contributed by atoms with van der Waals surface area (Å²) < 4.78 is 51.4. The van der Waals surface area contributed by atoms with Gasteiger partial charge in [0.25, 0.3) is 0 Å². The summed E-state index contributed by atoms with van der Waals surface area (Å²) in [5, 5.41) is 3.04. The molecule has 1 aromatic carbocycles. The number of benzene rings is 1. The summed E-state index contributed by atoms with van der Waals surface area (Å²) >= 11 is 0. The van der Waals surface area contributed by atoms with Gasteiger partial charge in [-0.15, -0.1) is 0 Å². The highest BCUT2D eigenvalue weighted by atomic mass is 32.2. The molecule has 0 bridgehead atoms. The zero-order chi connectivity index (χ0) is 13.2. The molecule has 2 N–H and O–H groups in total. The smallest absolute Gasteiger partial charge is 0.234 e. The molecule has 1 aliphatic rings. The van der Waals surface area contributed by atoms with Crippen molar-refractivity contribution in [2.75, 3.05) is 17.0 Å². The molecule has 1 aromatic rings. The van der Waals surface area contributed by atoms with Crippen LogP contribution < -0.4 is 10.0 Å². The van der Waals surface area contributed by atoms with Crippen LogP contribution in [0.15, 0.2) is 18.2 Å². The molecule has 0 spiro atoms. The maximum atomic E-state index is 13.3. The second-order valence-electron chi connectivity index (χ2n) is 4.27. The topological polar surface area (TPSA) is 58.2 Å². The Bertz CT molecular complexity index is 530. The number of hydrogen-bond donors (Lipinski definition) is 2. The first-order chi connectivity index (χ1) is 8.46. The van der Waals surface area contributed by atoms with Crippen LogP contribution in [0.5, 0.6) is 0 Å². The Morgan fingerprint density at radius 1 is 1.28 bits per heavy atom. The SMILES string of the molecule is O=S(=O)(CCNC1CC1)Nc1cc(F)ccc1F. The second-order valence-corrected chi connectivity index (χ2v) is 6.12. The lowest BCUT2D eigenvalue weighted by Crippen LogP contribution is -2.28. The quantitative estimate of drug-likeness (QED) is 0.827. The molecule has 0 atom stereocenters. The predicted octanol–water partition coefficient (Wildman–Crippen LogP) is 1.46. The third-order valence-electron chi connectivity index (χ3n) is 2.58. The van der Waals surface area contributed by atoms with E-state index in [1.54, 1.807) is 0 Å². The molecule has 4 nitrogen and oxygen atoms in total. The van der Waals surface area contributed by atoms with E-state index in [0.29, 0.717) is 12.6 Å². The minimum atomic E-state index is -3.66. The maximum Gasteiger partial charge on any atom is 0.234 e. The summed E-state index contributed by atoms with van der Waals surface area (Å²) in [6, 6.07) is 3.05. The van der Waals surface area contributed by atoms with Gasteiger partial charge in [0.2, 0.25) is 10.0 Å². The Balaban J connectivity index is 1.95. The Morgan fingerprint density at radius 3 is 2.67 bits per heavy atom. The maximum absolute atomic E-state index is 13.3. The number of rotatable bonds is 6. The largest absolute Gasteiger partial charge is 0.313 e. The normalized spacial score (nSPS) is 15.7. The Morgan fingerprint density at radius 2 is 2.00 bits per heavy atom. The zero-order valence-corrected chi connectivity index (χ0v) is 10.4. The molecule has 1 aliphatic carbocycles. The van der Waals surface area contributed by atoms with Gasteiger partial charge in [0.1, 0.15) is 11.6 Å². The number of nitrogens with one attached hydrogen (secondary N) is 2. The van der Waals surface area contributed by atoms with Crippen molar-refractivity contribution in [2.24, 2.45) is 0 Å². The standard InChI is InChI=1S/C11H14F2N2O2S/c12-8-1-4-10(13)11(7-8)15-18(16,17)6-5-14-9-2-3-9/h1,4,7,9,14-15H,2-3,5-6H2. The van der Waals surface area contributed by atoms with Crippen LogP contribution in [0.2, 0.25) is 0 Å². The van der Waals surface area contributed by atoms with E-state index in [4.69, 9.17) is 0 Å². The molecule has 7 heteroatoms. The Labute approximate surface area is 104 Å². The van der Waals surface area contributed by atoms with Crippen LogP contribution in [-0.4, -0.2) is 26.8 Å². The molecule has 0 unspecified atom stereocenters. The van der Waals surface area contributed by atoms with E-state index >= 15 is 0 Å². The fourth-order valence-electron chi connectivity index (χ4n) is 1.48. The number of halogens is 2. The first kappa shape index (κ1) is 13.2. The van der Waals surface area contributed by atoms with Crippen molar-refractivity contribution in [3.8, 4) is 0 Å². The van der Waals surface area contributed by atoms with E-state index in [9.17, 15) is 17.2 Å². The molecule has 0 amide bonds. The summed E-state index contributed by atoms with van der Waals surface area (Å²) in [6.07, 6.45) is 2.12. The Kier molecular flexibility index (Phi) is 3.82. The summed E-state index contributed by atoms with van der Waals surface area (Å²) in [5.74, 6) is -1.65. The van der Waals surface area contributed by atoms with Crippen molar-refractivity contribution >= 4 is 15.7 Å². The van der Waals surface area contributed by atoms with Crippen LogP contribution in [0.1, 0.15) is 12.8 Å². The minimum absolute atomic E-state index is 0.167. The summed E-state index contributed by atoms with van der Waals surface area (Å²) in [6.45, 7) is 0.303. The van der Waals surface area contributed by atoms with Gasteiger partial charge in [0.15, 0.2) is 0 Å². The molecule has 0 heterocycles. The van der Waals surface area contributed by atoms with Crippen LogP contribution in [0.25, 0.3) is 0 Å². The highest BCUT2D eigenvalue weighted by Crippen LogP contribution is 2.19. The second kappa shape index (κ2) is 5.19. The molecule has 18 heavy (non-hydrogen) atoms. The lowest BCUT2D eigenvalue weighted by atomic mass is 10.3. The molecule has 1 fully saturated rings. The zero-order valence-electron chi connectivity index (χ0n) is 9.62. The molecule has 2 rings (SSSR count). The van der Waals surface area contributed by atoms with E-state index in [0.717, 1.165) is 31.0 Å². The van der Waals surface area contributed by atoms with Gasteiger partial charge in [-0.2, -0.15) is 0 Å². The fraction of sp³-hybridized carbons (Fsp3) is 0.455. The van der Waals surface area contributed by atoms with Crippen molar-refractivity contribution in [2.45, 2.75) is 18.9 Å². The van der Waals surface area contributed by atoms with Crippen LogP contribution in [0, 0.1) is 11.6 Å². The summed E-state index contributed by atoms with van der Waals surface area (Å²) in [4.78, 5) is 0. The molecule has 0 radical (unpaired) electrons. The molecule has 100 valence electrons. The highest BCUT2D eigenvalue weighted by Gasteiger charge is 2.21. The first-order valence-corrected chi connectivity index (χ1v) is 7.30. The van der Waals surface area contributed by atoms with Gasteiger partial charge in [-0.05, 0) is 25.0 Å². The van der Waals surface area contributed by atoms with E-state index in [2.05, 4.69) is 5.32 Å². The minimum Gasteiger partial charge on any atom is -0.313 e. The molecule has 0 saturated heterocycles. The van der Waals surface area contributed by atoms with Crippen molar-refractivity contribution in [1.82, 2.24) is 5.32 Å². The monoisotopic (exact) mass is 276 g/mol. The van der Waals surface area contributed by atoms with Crippen molar-refractivity contribution in [3.63, 3.8) is 0 Å². The van der Waals surface area contributed by atoms with E-state index in [1.807, 2.05) is 4.72 Å². The third kappa shape index (κ3) is 3.92. The van der Waals surface area contributed by atoms with Crippen molar-refractivity contribution < 1.29 is 17.2 Å². The lowest BCUT2D eigenvalue weighted by molar-refractivity contribution is 0.590. The van der Waals surface area contributed by atoms with Crippen LogP contribution in [0.3, 0.4) is 0 Å². The van der Waals surface area contributed by atoms with Crippen LogP contribution in [-0.2, 0) is 10.0 Å². The average Bonchev–Trinajstić information content (AvgIpc) is 3.07. The molecule has 1 saturated carbocycles. The first-order valence-electron chi connectivity index (χ1n) is 5.65. The van der Waals surface area contributed by atoms with Gasteiger partial charge < -0.3 is 5.32 Å². The van der Waals surface area contributed by atoms with Gasteiger partial charge in [0.05, 0.1) is 11.4 Å². The van der Waals surface area contributed by atoms with E-state index in [-0.39, 0.29) is 11.4 Å².